The van der Waals surface area contributed by atoms with Crippen molar-refractivity contribution in [1.29, 1.82) is 10.5 Å². The summed E-state index contributed by atoms with van der Waals surface area (Å²) in [4.78, 5) is 25.5. The molecule has 0 bridgehead atoms. The van der Waals surface area contributed by atoms with Crippen molar-refractivity contribution in [2.45, 2.75) is 105 Å². The standard InChI is InChI=1S/C48H48N6O6S/c1-7-37-31(13-9-17-39(37)46-52-51-45(60-46)33-21-23-41(57-29(3)4)35(25-33)27-49)15-11-19-43(55)59-44(56)20-12-16-32-14-10-18-40(38(32)8-2)48-54-53-47(61-48)34-22-24-42(58-30(5)6)36(26-34)28-50/h9-10,13-14,17-18,21-26,29-30H,7-8,11-12,15-16,19-20H2,1-6H3. The highest BCUT2D eigenvalue weighted by Crippen LogP contribution is 2.36. The zero-order chi connectivity index (χ0) is 43.5. The van der Waals surface area contributed by atoms with E-state index in [2.05, 4.69) is 45.5 Å². The monoisotopic (exact) mass is 836 g/mol. The first-order valence-electron chi connectivity index (χ1n) is 20.6. The Kier molecular flexibility index (Phi) is 14.8. The highest BCUT2D eigenvalue weighted by molar-refractivity contribution is 7.17. The molecule has 0 saturated carbocycles. The summed E-state index contributed by atoms with van der Waals surface area (Å²) in [5, 5.41) is 38.3. The molecule has 0 aliphatic heterocycles. The predicted octanol–water partition coefficient (Wildman–Crippen LogP) is 10.4. The number of benzene rings is 4. The zero-order valence-corrected chi connectivity index (χ0v) is 36.1. The van der Waals surface area contributed by atoms with Crippen LogP contribution in [0, 0.1) is 22.7 Å². The van der Waals surface area contributed by atoms with Gasteiger partial charge in [0.25, 0.3) is 0 Å². The third-order valence-corrected chi connectivity index (χ3v) is 10.9. The van der Waals surface area contributed by atoms with Gasteiger partial charge in [0.2, 0.25) is 11.8 Å². The zero-order valence-electron chi connectivity index (χ0n) is 35.3. The van der Waals surface area contributed by atoms with Crippen LogP contribution in [0.1, 0.15) is 101 Å². The number of aromatic nitrogens is 4. The maximum absolute atomic E-state index is 12.7. The molecule has 6 aromatic rings. The number of hydrogen-bond acceptors (Lipinski definition) is 13. The molecule has 61 heavy (non-hydrogen) atoms. The Morgan fingerprint density at radius 1 is 0.656 bits per heavy atom. The Hall–Kier alpha value is -6.70. The first-order chi connectivity index (χ1) is 29.5. The highest BCUT2D eigenvalue weighted by atomic mass is 32.1. The minimum absolute atomic E-state index is 0.0502. The van der Waals surface area contributed by atoms with Crippen LogP contribution >= 0.6 is 11.3 Å². The van der Waals surface area contributed by atoms with Crippen molar-refractivity contribution >= 4 is 23.3 Å². The fraction of sp³-hybridized carbons (Fsp3) is 0.333. The van der Waals surface area contributed by atoms with Crippen LogP contribution in [0.2, 0.25) is 0 Å². The molecule has 0 aliphatic rings. The SMILES string of the molecule is CCc1c(CCCC(=O)OC(=O)CCCc2cccc(-c3nnc(-c4ccc(OC(C)C)c(C#N)c4)s3)c2CC)cccc1-c1nnc(-c2ccc(OC(C)C)c(C#N)c2)o1. The van der Waals surface area contributed by atoms with Gasteiger partial charge in [-0.05, 0) is 131 Å². The maximum Gasteiger partial charge on any atom is 0.313 e. The summed E-state index contributed by atoms with van der Waals surface area (Å²) in [7, 11) is 0. The van der Waals surface area contributed by atoms with Gasteiger partial charge in [-0.15, -0.1) is 20.4 Å². The lowest BCUT2D eigenvalue weighted by Crippen LogP contribution is -2.12. The van der Waals surface area contributed by atoms with E-state index in [4.69, 9.17) is 18.6 Å². The molecule has 4 aromatic carbocycles. The fourth-order valence-electron chi connectivity index (χ4n) is 7.16. The molecule has 12 nitrogen and oxygen atoms in total. The molecule has 0 unspecified atom stereocenters. The van der Waals surface area contributed by atoms with E-state index in [0.29, 0.717) is 71.2 Å². The van der Waals surface area contributed by atoms with Gasteiger partial charge in [-0.2, -0.15) is 10.5 Å². The third kappa shape index (κ3) is 10.9. The van der Waals surface area contributed by atoms with Crippen molar-refractivity contribution in [3.05, 3.63) is 106 Å². The van der Waals surface area contributed by atoms with E-state index in [9.17, 15) is 20.1 Å². The number of carbonyl (C=O) groups is 2. The van der Waals surface area contributed by atoms with Gasteiger partial charge in [-0.25, -0.2) is 0 Å². The van der Waals surface area contributed by atoms with Gasteiger partial charge in [0.05, 0.1) is 23.3 Å². The van der Waals surface area contributed by atoms with E-state index < -0.39 is 11.9 Å². The molecule has 0 saturated heterocycles. The van der Waals surface area contributed by atoms with Gasteiger partial charge in [0.15, 0.2) is 0 Å². The van der Waals surface area contributed by atoms with Gasteiger partial charge in [-0.1, -0.05) is 55.5 Å². The minimum atomic E-state index is -0.547. The Balaban J connectivity index is 1.01. The Labute approximate surface area is 360 Å². The smallest absolute Gasteiger partial charge is 0.313 e. The molecular formula is C48H48N6O6S. The molecule has 13 heteroatoms. The van der Waals surface area contributed by atoms with Crippen LogP contribution in [-0.4, -0.2) is 44.5 Å². The molecule has 6 rings (SSSR count). The second kappa shape index (κ2) is 20.5. The van der Waals surface area contributed by atoms with Crippen molar-refractivity contribution < 1.29 is 28.2 Å². The number of hydrogen-bond donors (Lipinski definition) is 0. The van der Waals surface area contributed by atoms with Gasteiger partial charge < -0.3 is 18.6 Å². The number of carbonyl (C=O) groups excluding carboxylic acids is 2. The third-order valence-electron chi connectivity index (χ3n) is 9.86. The van der Waals surface area contributed by atoms with Crippen LogP contribution in [-0.2, 0) is 40.0 Å². The van der Waals surface area contributed by atoms with E-state index in [-0.39, 0.29) is 30.9 Å². The van der Waals surface area contributed by atoms with Crippen molar-refractivity contribution in [2.24, 2.45) is 0 Å². The van der Waals surface area contributed by atoms with Crippen LogP contribution in [0.5, 0.6) is 11.5 Å². The van der Waals surface area contributed by atoms with Crippen molar-refractivity contribution in [1.82, 2.24) is 20.4 Å². The molecular weight excluding hydrogens is 789 g/mol. The number of esters is 2. The number of aryl methyl sites for hydroxylation is 2. The average molecular weight is 837 g/mol. The van der Waals surface area contributed by atoms with E-state index in [1.807, 2.05) is 71.0 Å². The van der Waals surface area contributed by atoms with Crippen molar-refractivity contribution in [2.75, 3.05) is 0 Å². The predicted molar refractivity (Wildman–Crippen MR) is 233 cm³/mol. The van der Waals surface area contributed by atoms with Gasteiger partial charge >= 0.3 is 11.9 Å². The van der Waals surface area contributed by atoms with E-state index in [0.717, 1.165) is 50.4 Å². The highest BCUT2D eigenvalue weighted by Gasteiger charge is 2.20. The van der Waals surface area contributed by atoms with Crippen molar-refractivity contribution in [3.63, 3.8) is 0 Å². The Bertz CT molecular complexity index is 2420. The summed E-state index contributed by atoms with van der Waals surface area (Å²) in [6.45, 7) is 11.8. The molecule has 0 fully saturated rings. The quantitative estimate of drug-likeness (QED) is 0.0593. The first-order valence-corrected chi connectivity index (χ1v) is 21.4. The summed E-state index contributed by atoms with van der Waals surface area (Å²) in [5.41, 5.74) is 8.30. The van der Waals surface area contributed by atoms with Crippen LogP contribution in [0.15, 0.2) is 77.2 Å². The summed E-state index contributed by atoms with van der Waals surface area (Å²) in [6.07, 6.45) is 3.79. The molecule has 0 atom stereocenters. The van der Waals surface area contributed by atoms with Crippen LogP contribution in [0.25, 0.3) is 44.1 Å². The van der Waals surface area contributed by atoms with Crippen LogP contribution in [0.4, 0.5) is 0 Å². The van der Waals surface area contributed by atoms with Gasteiger partial charge in [0.1, 0.15) is 33.7 Å². The fourth-order valence-corrected chi connectivity index (χ4v) is 8.05. The largest absolute Gasteiger partial charge is 0.490 e. The number of ether oxygens (including phenoxy) is 3. The second-order valence-corrected chi connectivity index (χ2v) is 15.9. The van der Waals surface area contributed by atoms with E-state index >= 15 is 0 Å². The molecule has 0 amide bonds. The molecule has 0 aliphatic carbocycles. The van der Waals surface area contributed by atoms with E-state index in [1.54, 1.807) is 30.3 Å². The van der Waals surface area contributed by atoms with Crippen molar-refractivity contribution in [3.8, 4) is 67.7 Å². The molecule has 2 heterocycles. The Morgan fingerprint density at radius 2 is 1.16 bits per heavy atom. The van der Waals surface area contributed by atoms with Gasteiger partial charge in [0, 0.05) is 35.1 Å². The second-order valence-electron chi connectivity index (χ2n) is 15.0. The lowest BCUT2D eigenvalue weighted by atomic mass is 9.95. The normalized spacial score (nSPS) is 11.0. The number of nitrogens with zero attached hydrogens (tertiary/aromatic N) is 6. The molecule has 0 spiro atoms. The summed E-state index contributed by atoms with van der Waals surface area (Å²) in [5.74, 6) is 0.594. The molecule has 0 radical (unpaired) electrons. The minimum Gasteiger partial charge on any atom is -0.490 e. The summed E-state index contributed by atoms with van der Waals surface area (Å²) < 4.78 is 22.8. The Morgan fingerprint density at radius 3 is 1.72 bits per heavy atom. The molecule has 2 aromatic heterocycles. The van der Waals surface area contributed by atoms with Gasteiger partial charge in [-0.3, -0.25) is 9.59 Å². The van der Waals surface area contributed by atoms with Crippen LogP contribution in [0.3, 0.4) is 0 Å². The summed E-state index contributed by atoms with van der Waals surface area (Å²) >= 11 is 1.46. The average Bonchev–Trinajstić information content (AvgIpc) is 3.95. The lowest BCUT2D eigenvalue weighted by Gasteiger charge is -2.12. The molecule has 312 valence electrons. The van der Waals surface area contributed by atoms with E-state index in [1.165, 1.54) is 11.3 Å². The molecule has 0 N–H and O–H groups in total. The lowest BCUT2D eigenvalue weighted by molar-refractivity contribution is -0.159. The number of nitriles is 2. The topological polar surface area (TPSA) is 174 Å². The number of rotatable bonds is 18. The van der Waals surface area contributed by atoms with Crippen LogP contribution < -0.4 is 9.47 Å². The maximum atomic E-state index is 12.7. The first kappa shape index (κ1) is 43.9. The summed E-state index contributed by atoms with van der Waals surface area (Å²) in [6, 6.07) is 27.0.